The molecular weight excluding hydrogens is 275 g/mol. The Kier molecular flexibility index (Phi) is 4.37. The average molecular weight is 288 g/mol. The van der Waals surface area contributed by atoms with E-state index < -0.39 is 0 Å². The monoisotopic (exact) mass is 288 g/mol. The predicted molar refractivity (Wildman–Crippen MR) is 50.7 cm³/mol. The van der Waals surface area contributed by atoms with Crippen molar-refractivity contribution in [3.05, 3.63) is 29.8 Å². The number of benzene rings is 1. The predicted octanol–water partition coefficient (Wildman–Crippen LogP) is -1.24. The van der Waals surface area contributed by atoms with Gasteiger partial charge in [-0.05, 0) is 12.1 Å². The number of rotatable bonds is 1. The molecule has 13 heavy (non-hydrogen) atoms. The zero-order valence-corrected chi connectivity index (χ0v) is 10.2. The van der Waals surface area contributed by atoms with Gasteiger partial charge in [-0.15, -0.1) is 0 Å². The van der Waals surface area contributed by atoms with E-state index in [4.69, 9.17) is 5.26 Å². The molecule has 0 aliphatic heterocycles. The summed E-state index contributed by atoms with van der Waals surface area (Å²) in [5.74, 6) is 0. The van der Waals surface area contributed by atoms with Gasteiger partial charge in [0.2, 0.25) is 0 Å². The number of halogens is 1. The third-order valence-corrected chi connectivity index (χ3v) is 1.77. The molecule has 1 aromatic rings. The van der Waals surface area contributed by atoms with Gasteiger partial charge in [0.15, 0.2) is 0 Å². The molecule has 0 heterocycles. The molecule has 0 aromatic heterocycles. The smallest absolute Gasteiger partial charge is 0.132 e. The fraction of sp³-hybridized carbons (Fsp3) is 0.300. The summed E-state index contributed by atoms with van der Waals surface area (Å²) in [5, 5.41) is 8.58. The Morgan fingerprint density at radius 2 is 1.54 bits per heavy atom. The minimum absolute atomic E-state index is 0. The maximum atomic E-state index is 8.58. The van der Waals surface area contributed by atoms with Gasteiger partial charge in [-0.1, -0.05) is 0 Å². The van der Waals surface area contributed by atoms with Gasteiger partial charge in [-0.25, -0.2) is 0 Å². The van der Waals surface area contributed by atoms with Crippen molar-refractivity contribution >= 4 is 5.69 Å². The first-order valence-electron chi connectivity index (χ1n) is 3.86. The highest BCUT2D eigenvalue weighted by Gasteiger charge is 2.10. The molecule has 0 saturated heterocycles. The van der Waals surface area contributed by atoms with Crippen LogP contribution < -0.4 is 28.5 Å². The van der Waals surface area contributed by atoms with Crippen LogP contribution in [0.4, 0.5) is 5.69 Å². The minimum Gasteiger partial charge on any atom is -1.00 e. The maximum absolute atomic E-state index is 8.58. The van der Waals surface area contributed by atoms with Gasteiger partial charge in [0.25, 0.3) is 0 Å². The van der Waals surface area contributed by atoms with Crippen molar-refractivity contribution in [2.24, 2.45) is 0 Å². The Balaban J connectivity index is 0.00000144. The van der Waals surface area contributed by atoms with Crippen LogP contribution in [0.1, 0.15) is 5.56 Å². The van der Waals surface area contributed by atoms with Crippen LogP contribution >= 0.6 is 0 Å². The minimum atomic E-state index is 0. The Hall–Kier alpha value is -0.600. The Bertz CT molecular complexity index is 303. The van der Waals surface area contributed by atoms with Crippen molar-refractivity contribution in [1.82, 2.24) is 4.48 Å². The van der Waals surface area contributed by atoms with Crippen molar-refractivity contribution in [3.63, 3.8) is 0 Å². The van der Waals surface area contributed by atoms with E-state index >= 15 is 0 Å². The molecule has 0 saturated carbocycles. The molecule has 3 heteroatoms. The lowest BCUT2D eigenvalue weighted by Crippen LogP contribution is -3.00. The van der Waals surface area contributed by atoms with Crippen molar-refractivity contribution in [2.75, 3.05) is 21.1 Å². The second kappa shape index (κ2) is 4.58. The number of hydrogen-bond acceptors (Lipinski definition) is 1. The van der Waals surface area contributed by atoms with Gasteiger partial charge in [0.1, 0.15) is 5.69 Å². The van der Waals surface area contributed by atoms with Crippen molar-refractivity contribution < 1.29 is 24.0 Å². The van der Waals surface area contributed by atoms with Crippen molar-refractivity contribution in [3.8, 4) is 6.07 Å². The molecule has 0 N–H and O–H groups in total. The van der Waals surface area contributed by atoms with E-state index in [2.05, 4.69) is 27.2 Å². The molecule has 0 fully saturated rings. The van der Waals surface area contributed by atoms with Crippen molar-refractivity contribution in [2.45, 2.75) is 0 Å². The highest BCUT2D eigenvalue weighted by molar-refractivity contribution is 5.45. The highest BCUT2D eigenvalue weighted by atomic mass is 127. The summed E-state index contributed by atoms with van der Waals surface area (Å²) >= 11 is 0. The number of quaternary nitrogens is 1. The number of hydrogen-bond donors (Lipinski definition) is 0. The summed E-state index contributed by atoms with van der Waals surface area (Å²) in [5.41, 5.74) is 1.92. The van der Waals surface area contributed by atoms with E-state index in [1.165, 1.54) is 5.69 Å². The molecule has 0 aliphatic carbocycles. The second-order valence-corrected chi connectivity index (χ2v) is 3.67. The van der Waals surface area contributed by atoms with Crippen LogP contribution in [-0.2, 0) is 0 Å². The average Bonchev–Trinajstić information content (AvgIpc) is 2.03. The lowest BCUT2D eigenvalue weighted by atomic mass is 10.2. The fourth-order valence-electron chi connectivity index (χ4n) is 0.983. The highest BCUT2D eigenvalue weighted by Crippen LogP contribution is 2.16. The molecular formula is C10H13IN2. The van der Waals surface area contributed by atoms with Crippen LogP contribution in [0.5, 0.6) is 0 Å². The summed E-state index contributed by atoms with van der Waals surface area (Å²) in [6.45, 7) is 0. The lowest BCUT2D eigenvalue weighted by Gasteiger charge is -2.23. The van der Waals surface area contributed by atoms with E-state index in [0.717, 1.165) is 4.48 Å². The maximum Gasteiger partial charge on any atom is 0.132 e. The van der Waals surface area contributed by atoms with Crippen LogP contribution in [-0.4, -0.2) is 21.1 Å². The third kappa shape index (κ3) is 3.33. The summed E-state index contributed by atoms with van der Waals surface area (Å²) < 4.78 is 0.783. The lowest BCUT2D eigenvalue weighted by molar-refractivity contribution is -0.00000299. The first-order chi connectivity index (χ1) is 5.54. The third-order valence-electron chi connectivity index (χ3n) is 1.77. The Morgan fingerprint density at radius 3 is 1.85 bits per heavy atom. The van der Waals surface area contributed by atoms with Crippen LogP contribution in [0.3, 0.4) is 0 Å². The van der Waals surface area contributed by atoms with Gasteiger partial charge in [0, 0.05) is 12.1 Å². The van der Waals surface area contributed by atoms with Gasteiger partial charge >= 0.3 is 0 Å². The molecule has 70 valence electrons. The van der Waals surface area contributed by atoms with Crippen molar-refractivity contribution in [1.29, 1.82) is 5.26 Å². The van der Waals surface area contributed by atoms with E-state index in [1.807, 2.05) is 24.3 Å². The van der Waals surface area contributed by atoms with Crippen LogP contribution in [0.25, 0.3) is 0 Å². The fourth-order valence-corrected chi connectivity index (χ4v) is 0.983. The van der Waals surface area contributed by atoms with Crippen LogP contribution in [0.2, 0.25) is 0 Å². The van der Waals surface area contributed by atoms with E-state index in [-0.39, 0.29) is 24.0 Å². The van der Waals surface area contributed by atoms with Crippen LogP contribution in [0, 0.1) is 11.3 Å². The molecule has 0 radical (unpaired) electrons. The molecule has 1 rings (SSSR count). The first kappa shape index (κ1) is 12.4. The van der Waals surface area contributed by atoms with Gasteiger partial charge in [0.05, 0.1) is 32.8 Å². The summed E-state index contributed by atoms with van der Waals surface area (Å²) in [7, 11) is 6.30. The normalized spacial score (nSPS) is 10.0. The summed E-state index contributed by atoms with van der Waals surface area (Å²) in [6, 6.07) is 9.76. The molecule has 0 bridgehead atoms. The Labute approximate surface area is 96.4 Å². The first-order valence-corrected chi connectivity index (χ1v) is 3.86. The zero-order chi connectivity index (χ0) is 9.19. The standard InChI is InChI=1S/C10H13N2.HI/c1-12(2,3)10-6-4-9(8-11)5-7-10;/h4-7H,1-3H3;1H/q+1;/p-1. The Morgan fingerprint density at radius 1 is 1.08 bits per heavy atom. The number of nitriles is 1. The quantitative estimate of drug-likeness (QED) is 0.468. The van der Waals surface area contributed by atoms with E-state index in [0.29, 0.717) is 5.56 Å². The van der Waals surface area contributed by atoms with Crippen LogP contribution in [0.15, 0.2) is 24.3 Å². The molecule has 1 aromatic carbocycles. The molecule has 0 aliphatic rings. The topological polar surface area (TPSA) is 23.8 Å². The molecule has 0 atom stereocenters. The SMILES string of the molecule is C[N+](C)(C)c1ccc(C#N)cc1.[I-]. The second-order valence-electron chi connectivity index (χ2n) is 3.67. The van der Waals surface area contributed by atoms with E-state index in [1.54, 1.807) is 0 Å². The molecule has 0 spiro atoms. The molecule has 2 nitrogen and oxygen atoms in total. The van der Waals surface area contributed by atoms with Gasteiger partial charge in [-0.2, -0.15) is 5.26 Å². The van der Waals surface area contributed by atoms with E-state index in [9.17, 15) is 0 Å². The molecule has 0 unspecified atom stereocenters. The number of nitrogens with zero attached hydrogens (tertiary/aromatic N) is 2. The molecule has 0 amide bonds. The van der Waals surface area contributed by atoms with Gasteiger partial charge in [-0.3, -0.25) is 4.48 Å². The van der Waals surface area contributed by atoms with Gasteiger partial charge < -0.3 is 24.0 Å². The summed E-state index contributed by atoms with van der Waals surface area (Å²) in [4.78, 5) is 0. The summed E-state index contributed by atoms with van der Waals surface area (Å²) in [6.07, 6.45) is 0. The zero-order valence-electron chi connectivity index (χ0n) is 8.08. The largest absolute Gasteiger partial charge is 1.00 e.